The Hall–Kier alpha value is -1.34. The highest BCUT2D eigenvalue weighted by Gasteiger charge is 2.36. The zero-order chi connectivity index (χ0) is 18.2. The summed E-state index contributed by atoms with van der Waals surface area (Å²) in [5.74, 6) is -0.128. The summed E-state index contributed by atoms with van der Waals surface area (Å²) in [7, 11) is -1.80. The number of nitrogens with zero attached hydrogens (tertiary/aromatic N) is 3. The van der Waals surface area contributed by atoms with Gasteiger partial charge in [-0.05, 0) is 46.0 Å². The molecule has 2 fully saturated rings. The molecular formula is C18H29N3O3S. The van der Waals surface area contributed by atoms with Crippen molar-refractivity contribution in [1.82, 2.24) is 13.8 Å². The van der Waals surface area contributed by atoms with Gasteiger partial charge in [-0.2, -0.15) is 4.31 Å². The van der Waals surface area contributed by atoms with Crippen molar-refractivity contribution in [2.24, 2.45) is 7.05 Å². The van der Waals surface area contributed by atoms with E-state index < -0.39 is 10.0 Å². The van der Waals surface area contributed by atoms with Crippen molar-refractivity contribution >= 4 is 15.9 Å². The zero-order valence-electron chi connectivity index (χ0n) is 15.5. The van der Waals surface area contributed by atoms with E-state index in [1.165, 1.54) is 0 Å². The number of hydrogen-bond donors (Lipinski definition) is 0. The van der Waals surface area contributed by atoms with Crippen LogP contribution in [0, 0.1) is 13.8 Å². The fourth-order valence-corrected chi connectivity index (χ4v) is 5.97. The van der Waals surface area contributed by atoms with Crippen LogP contribution >= 0.6 is 0 Å². The number of sulfonamides is 1. The number of aromatic nitrogens is 1. The molecular weight excluding hydrogens is 338 g/mol. The van der Waals surface area contributed by atoms with Crippen LogP contribution in [0.4, 0.5) is 0 Å². The Bertz CT molecular complexity index is 755. The molecule has 2 aliphatic heterocycles. The summed E-state index contributed by atoms with van der Waals surface area (Å²) in [5.41, 5.74) is 1.78. The van der Waals surface area contributed by atoms with Crippen LogP contribution in [0.1, 0.15) is 60.3 Å². The predicted molar refractivity (Wildman–Crippen MR) is 97.3 cm³/mol. The Kier molecular flexibility index (Phi) is 5.25. The second kappa shape index (κ2) is 7.11. The van der Waals surface area contributed by atoms with E-state index >= 15 is 0 Å². The minimum Gasteiger partial charge on any atom is -0.350 e. The monoisotopic (exact) mass is 367 g/mol. The topological polar surface area (TPSA) is 62.6 Å². The number of carbonyl (C=O) groups excluding carboxylic acids is 1. The quantitative estimate of drug-likeness (QED) is 0.824. The SMILES string of the molecule is Cc1c(C(=O)N2CCCCC2)c(S(=O)(=O)N2CCCCC2)c(C)n1C. The van der Waals surface area contributed by atoms with Crippen LogP contribution < -0.4 is 0 Å². The maximum atomic E-state index is 13.3. The molecule has 7 heteroatoms. The summed E-state index contributed by atoms with van der Waals surface area (Å²) in [5, 5.41) is 0. The van der Waals surface area contributed by atoms with Gasteiger partial charge in [0.05, 0.1) is 5.56 Å². The minimum absolute atomic E-state index is 0.128. The highest BCUT2D eigenvalue weighted by molar-refractivity contribution is 7.89. The van der Waals surface area contributed by atoms with Crippen molar-refractivity contribution in [3.8, 4) is 0 Å². The van der Waals surface area contributed by atoms with E-state index in [1.54, 1.807) is 11.2 Å². The Balaban J connectivity index is 2.06. The lowest BCUT2D eigenvalue weighted by molar-refractivity contribution is 0.0719. The average molecular weight is 368 g/mol. The fourth-order valence-electron chi connectivity index (χ4n) is 3.97. The molecule has 0 N–H and O–H groups in total. The molecule has 140 valence electrons. The van der Waals surface area contributed by atoms with Crippen LogP contribution in [0.3, 0.4) is 0 Å². The normalized spacial score (nSPS) is 20.0. The van der Waals surface area contributed by atoms with Gasteiger partial charge in [0.2, 0.25) is 10.0 Å². The zero-order valence-corrected chi connectivity index (χ0v) is 16.4. The first kappa shape index (κ1) is 18.5. The first-order chi connectivity index (χ1) is 11.9. The van der Waals surface area contributed by atoms with Gasteiger partial charge >= 0.3 is 0 Å². The molecule has 0 radical (unpaired) electrons. The third-order valence-electron chi connectivity index (χ3n) is 5.69. The molecule has 0 bridgehead atoms. The first-order valence-electron chi connectivity index (χ1n) is 9.31. The van der Waals surface area contributed by atoms with Crippen LogP contribution in [-0.4, -0.2) is 54.3 Å². The molecule has 0 saturated carbocycles. The summed E-state index contributed by atoms with van der Waals surface area (Å²) in [4.78, 5) is 15.2. The number of hydrogen-bond acceptors (Lipinski definition) is 3. The maximum Gasteiger partial charge on any atom is 0.257 e. The molecule has 2 aliphatic rings. The third kappa shape index (κ3) is 3.24. The van der Waals surface area contributed by atoms with Gasteiger partial charge in [0.15, 0.2) is 0 Å². The van der Waals surface area contributed by atoms with Crippen molar-refractivity contribution in [3.05, 3.63) is 17.0 Å². The van der Waals surface area contributed by atoms with E-state index in [-0.39, 0.29) is 10.8 Å². The summed E-state index contributed by atoms with van der Waals surface area (Å²) in [6, 6.07) is 0. The summed E-state index contributed by atoms with van der Waals surface area (Å²) in [6.45, 7) is 6.18. The highest BCUT2D eigenvalue weighted by atomic mass is 32.2. The maximum absolute atomic E-state index is 13.3. The van der Waals surface area contributed by atoms with E-state index in [1.807, 2.05) is 23.4 Å². The second-order valence-corrected chi connectivity index (χ2v) is 9.13. The number of piperidine rings is 2. The van der Waals surface area contributed by atoms with Crippen molar-refractivity contribution < 1.29 is 13.2 Å². The lowest BCUT2D eigenvalue weighted by atomic mass is 10.1. The van der Waals surface area contributed by atoms with Gasteiger partial charge in [-0.1, -0.05) is 6.42 Å². The van der Waals surface area contributed by atoms with E-state index in [0.717, 1.165) is 57.3 Å². The molecule has 0 aliphatic carbocycles. The van der Waals surface area contributed by atoms with Gasteiger partial charge in [0, 0.05) is 44.6 Å². The summed E-state index contributed by atoms with van der Waals surface area (Å²) in [6.07, 6.45) is 5.96. The van der Waals surface area contributed by atoms with Crippen LogP contribution in [0.25, 0.3) is 0 Å². The van der Waals surface area contributed by atoms with Crippen LogP contribution in [-0.2, 0) is 17.1 Å². The molecule has 0 spiro atoms. The molecule has 1 aromatic heterocycles. The van der Waals surface area contributed by atoms with Crippen molar-refractivity contribution in [1.29, 1.82) is 0 Å². The van der Waals surface area contributed by atoms with Crippen molar-refractivity contribution in [2.45, 2.75) is 57.3 Å². The van der Waals surface area contributed by atoms with E-state index in [4.69, 9.17) is 0 Å². The minimum atomic E-state index is -3.64. The molecule has 0 unspecified atom stereocenters. The molecule has 3 heterocycles. The number of carbonyl (C=O) groups is 1. The number of rotatable bonds is 3. The van der Waals surface area contributed by atoms with Crippen LogP contribution in [0.5, 0.6) is 0 Å². The van der Waals surface area contributed by atoms with Gasteiger partial charge in [0.1, 0.15) is 4.90 Å². The summed E-state index contributed by atoms with van der Waals surface area (Å²) >= 11 is 0. The largest absolute Gasteiger partial charge is 0.350 e. The van der Waals surface area contributed by atoms with Gasteiger partial charge in [-0.15, -0.1) is 0 Å². The van der Waals surface area contributed by atoms with E-state index in [0.29, 0.717) is 24.3 Å². The molecule has 1 amide bonds. The summed E-state index contributed by atoms with van der Waals surface area (Å²) < 4.78 is 30.0. The van der Waals surface area contributed by atoms with Crippen molar-refractivity contribution in [3.63, 3.8) is 0 Å². The standard InChI is InChI=1S/C18H29N3O3S/c1-14-16(18(22)20-10-6-4-7-11-20)17(15(2)19(14)3)25(23,24)21-12-8-5-9-13-21/h4-13H2,1-3H3. The highest BCUT2D eigenvalue weighted by Crippen LogP contribution is 2.31. The van der Waals surface area contributed by atoms with Gasteiger partial charge < -0.3 is 9.47 Å². The molecule has 1 aromatic rings. The third-order valence-corrected chi connectivity index (χ3v) is 7.75. The molecule has 0 aromatic carbocycles. The molecule has 2 saturated heterocycles. The molecule has 3 rings (SSSR count). The Morgan fingerprint density at radius 3 is 1.92 bits per heavy atom. The van der Waals surface area contributed by atoms with E-state index in [2.05, 4.69) is 0 Å². The average Bonchev–Trinajstić information content (AvgIpc) is 2.87. The predicted octanol–water partition coefficient (Wildman–Crippen LogP) is 2.44. The Labute approximate surface area is 150 Å². The second-order valence-electron chi connectivity index (χ2n) is 7.25. The number of amides is 1. The fraction of sp³-hybridized carbons (Fsp3) is 0.722. The molecule has 25 heavy (non-hydrogen) atoms. The first-order valence-corrected chi connectivity index (χ1v) is 10.7. The lowest BCUT2D eigenvalue weighted by Gasteiger charge is -2.29. The Morgan fingerprint density at radius 2 is 1.36 bits per heavy atom. The molecule has 0 atom stereocenters. The lowest BCUT2D eigenvalue weighted by Crippen LogP contribution is -2.39. The smallest absolute Gasteiger partial charge is 0.257 e. The van der Waals surface area contributed by atoms with Gasteiger partial charge in [0.25, 0.3) is 5.91 Å². The van der Waals surface area contributed by atoms with Gasteiger partial charge in [-0.25, -0.2) is 8.42 Å². The van der Waals surface area contributed by atoms with Gasteiger partial charge in [-0.3, -0.25) is 4.79 Å². The van der Waals surface area contributed by atoms with Crippen LogP contribution in [0.15, 0.2) is 4.90 Å². The van der Waals surface area contributed by atoms with Crippen molar-refractivity contribution in [2.75, 3.05) is 26.2 Å². The molecule has 6 nitrogen and oxygen atoms in total. The Morgan fingerprint density at radius 1 is 0.840 bits per heavy atom. The van der Waals surface area contributed by atoms with E-state index in [9.17, 15) is 13.2 Å². The number of likely N-dealkylation sites (tertiary alicyclic amines) is 1. The van der Waals surface area contributed by atoms with Crippen LogP contribution in [0.2, 0.25) is 0 Å².